The van der Waals surface area contributed by atoms with Crippen LogP contribution in [0.15, 0.2) is 38.6 Å². The summed E-state index contributed by atoms with van der Waals surface area (Å²) in [4.78, 5) is 11.8. The number of nitrogens with zero attached hydrogens (tertiary/aromatic N) is 3. The Kier molecular flexibility index (Phi) is 3.83. The Bertz CT molecular complexity index is 702. The van der Waals surface area contributed by atoms with Crippen LogP contribution in [0, 0.1) is 11.7 Å². The molecular weight excluding hydrogens is 316 g/mol. The fourth-order valence-electron chi connectivity index (χ4n) is 1.25. The summed E-state index contributed by atoms with van der Waals surface area (Å²) in [6.07, 6.45) is 1.57. The van der Waals surface area contributed by atoms with Crippen LogP contribution in [-0.4, -0.2) is 21.1 Å². The van der Waals surface area contributed by atoms with Gasteiger partial charge in [0.25, 0.3) is 5.56 Å². The molecule has 2 aromatic rings. The van der Waals surface area contributed by atoms with Gasteiger partial charge in [-0.15, -0.1) is 0 Å². The highest BCUT2D eigenvalue weighted by Gasteiger charge is 2.00. The summed E-state index contributed by atoms with van der Waals surface area (Å²) in [5, 5.41) is 10.4. The number of aromatic nitrogens is 3. The molecule has 0 bridgehead atoms. The maximum absolute atomic E-state index is 11.8. The van der Waals surface area contributed by atoms with Crippen molar-refractivity contribution in [2.24, 2.45) is 5.10 Å². The first kappa shape index (κ1) is 12.8. The number of hydrogen-bond acceptors (Lipinski definition) is 4. The summed E-state index contributed by atoms with van der Waals surface area (Å²) in [6, 6.07) is 7.53. The van der Waals surface area contributed by atoms with Gasteiger partial charge in [0.2, 0.25) is 4.77 Å². The number of hydrogen-bond donors (Lipinski definition) is 1. The van der Waals surface area contributed by atoms with Crippen LogP contribution in [0.2, 0.25) is 0 Å². The van der Waals surface area contributed by atoms with E-state index in [9.17, 15) is 4.79 Å². The average molecular weight is 325 g/mol. The number of benzene rings is 1. The Balaban J connectivity index is 2.41. The van der Waals surface area contributed by atoms with E-state index in [4.69, 9.17) is 12.2 Å². The summed E-state index contributed by atoms with van der Waals surface area (Å²) in [6.45, 7) is 1.60. The second kappa shape index (κ2) is 5.36. The number of rotatable bonds is 2. The zero-order chi connectivity index (χ0) is 13.1. The normalized spacial score (nSPS) is 11.0. The summed E-state index contributed by atoms with van der Waals surface area (Å²) in [5.41, 5.74) is 0.859. The second-order valence-electron chi connectivity index (χ2n) is 3.53. The van der Waals surface area contributed by atoms with Crippen LogP contribution < -0.4 is 5.56 Å². The Morgan fingerprint density at radius 1 is 1.44 bits per heavy atom. The number of aryl methyl sites for hydroxylation is 1. The molecule has 18 heavy (non-hydrogen) atoms. The molecule has 1 N–H and O–H groups in total. The number of nitrogens with one attached hydrogen (secondary N) is 1. The minimum absolute atomic E-state index is 0.166. The number of halogens is 1. The maximum Gasteiger partial charge on any atom is 0.296 e. The van der Waals surface area contributed by atoms with Gasteiger partial charge in [0.1, 0.15) is 5.69 Å². The molecular formula is C11H9BrN4OS. The highest BCUT2D eigenvalue weighted by Crippen LogP contribution is 2.08. The van der Waals surface area contributed by atoms with Gasteiger partial charge in [-0.05, 0) is 36.8 Å². The number of H-pyrrole nitrogens is 1. The monoisotopic (exact) mass is 324 g/mol. The Hall–Kier alpha value is -1.60. The summed E-state index contributed by atoms with van der Waals surface area (Å²) in [7, 11) is 0. The standard InChI is InChI=1S/C11H9BrN4OS/c1-7-10(17)16(11(18)15-14-7)13-6-8-2-4-9(12)5-3-8/h2-6H,1H3,(H,15,18)/b13-6-. The predicted octanol–water partition coefficient (Wildman–Crippen LogP) is 2.25. The van der Waals surface area contributed by atoms with Crippen molar-refractivity contribution in [3.63, 3.8) is 0 Å². The van der Waals surface area contributed by atoms with E-state index >= 15 is 0 Å². The van der Waals surface area contributed by atoms with E-state index < -0.39 is 0 Å². The average Bonchev–Trinajstić information content (AvgIpc) is 2.36. The molecule has 0 radical (unpaired) electrons. The lowest BCUT2D eigenvalue weighted by Gasteiger charge is -1.99. The first-order valence-electron chi connectivity index (χ1n) is 5.06. The van der Waals surface area contributed by atoms with Gasteiger partial charge in [-0.25, -0.2) is 0 Å². The van der Waals surface area contributed by atoms with Crippen molar-refractivity contribution in [1.82, 2.24) is 14.9 Å². The molecule has 0 spiro atoms. The van der Waals surface area contributed by atoms with Gasteiger partial charge in [-0.3, -0.25) is 9.89 Å². The van der Waals surface area contributed by atoms with Crippen molar-refractivity contribution in [3.05, 3.63) is 55.1 Å². The van der Waals surface area contributed by atoms with Crippen LogP contribution in [0.4, 0.5) is 0 Å². The molecule has 92 valence electrons. The molecule has 0 aliphatic rings. The van der Waals surface area contributed by atoms with E-state index in [1.165, 1.54) is 0 Å². The fraction of sp³-hybridized carbons (Fsp3) is 0.0909. The smallest absolute Gasteiger partial charge is 0.265 e. The van der Waals surface area contributed by atoms with Crippen molar-refractivity contribution in [3.8, 4) is 0 Å². The minimum Gasteiger partial charge on any atom is -0.265 e. The lowest BCUT2D eigenvalue weighted by Crippen LogP contribution is -2.22. The second-order valence-corrected chi connectivity index (χ2v) is 4.83. The molecule has 7 heteroatoms. The molecule has 0 unspecified atom stereocenters. The van der Waals surface area contributed by atoms with Crippen molar-refractivity contribution >= 4 is 34.4 Å². The van der Waals surface area contributed by atoms with Crippen LogP contribution in [0.1, 0.15) is 11.3 Å². The van der Waals surface area contributed by atoms with Crippen LogP contribution in [0.3, 0.4) is 0 Å². The molecule has 0 fully saturated rings. The molecule has 0 saturated heterocycles. The Morgan fingerprint density at radius 3 is 2.78 bits per heavy atom. The summed E-state index contributed by atoms with van der Waals surface area (Å²) >= 11 is 8.30. The molecule has 0 saturated carbocycles. The third-order valence-electron chi connectivity index (χ3n) is 2.21. The van der Waals surface area contributed by atoms with Gasteiger partial charge in [0, 0.05) is 4.47 Å². The van der Waals surface area contributed by atoms with Gasteiger partial charge in [0.15, 0.2) is 0 Å². The first-order valence-corrected chi connectivity index (χ1v) is 6.26. The quantitative estimate of drug-likeness (QED) is 0.680. The molecule has 5 nitrogen and oxygen atoms in total. The minimum atomic E-state index is -0.327. The topological polar surface area (TPSA) is 63.0 Å². The molecule has 2 rings (SSSR count). The molecule has 0 atom stereocenters. The molecule has 0 aliphatic heterocycles. The highest BCUT2D eigenvalue weighted by molar-refractivity contribution is 9.10. The number of aromatic amines is 1. The van der Waals surface area contributed by atoms with Crippen LogP contribution in [0.5, 0.6) is 0 Å². The molecule has 0 amide bonds. The van der Waals surface area contributed by atoms with E-state index in [0.29, 0.717) is 5.69 Å². The predicted molar refractivity (Wildman–Crippen MR) is 75.6 cm³/mol. The largest absolute Gasteiger partial charge is 0.296 e. The van der Waals surface area contributed by atoms with Gasteiger partial charge >= 0.3 is 0 Å². The van der Waals surface area contributed by atoms with Crippen LogP contribution in [0.25, 0.3) is 0 Å². The summed E-state index contributed by atoms with van der Waals surface area (Å²) < 4.78 is 2.26. The summed E-state index contributed by atoms with van der Waals surface area (Å²) in [5.74, 6) is 0. The molecule has 1 aromatic heterocycles. The van der Waals surface area contributed by atoms with Gasteiger partial charge < -0.3 is 0 Å². The van der Waals surface area contributed by atoms with E-state index in [1.807, 2.05) is 24.3 Å². The third kappa shape index (κ3) is 2.80. The van der Waals surface area contributed by atoms with Gasteiger partial charge in [0.05, 0.1) is 6.21 Å². The van der Waals surface area contributed by atoms with Crippen molar-refractivity contribution in [2.45, 2.75) is 6.92 Å². The highest BCUT2D eigenvalue weighted by atomic mass is 79.9. The van der Waals surface area contributed by atoms with Crippen molar-refractivity contribution < 1.29 is 0 Å². The first-order chi connectivity index (χ1) is 8.58. The lowest BCUT2D eigenvalue weighted by molar-refractivity contribution is 0.720. The van der Waals surface area contributed by atoms with Gasteiger partial charge in [-0.2, -0.15) is 14.9 Å². The van der Waals surface area contributed by atoms with Crippen molar-refractivity contribution in [1.29, 1.82) is 0 Å². The zero-order valence-electron chi connectivity index (χ0n) is 9.42. The Morgan fingerprint density at radius 2 is 2.11 bits per heavy atom. The van der Waals surface area contributed by atoms with E-state index in [0.717, 1.165) is 14.7 Å². The van der Waals surface area contributed by atoms with Crippen LogP contribution >= 0.6 is 28.1 Å². The maximum atomic E-state index is 11.8. The SMILES string of the molecule is Cc1n[nH]c(=S)n(/N=C\c2ccc(Br)cc2)c1=O. The molecule has 1 heterocycles. The van der Waals surface area contributed by atoms with Crippen LogP contribution in [-0.2, 0) is 0 Å². The molecule has 0 aliphatic carbocycles. The van der Waals surface area contributed by atoms with E-state index in [2.05, 4.69) is 31.2 Å². The van der Waals surface area contributed by atoms with E-state index in [-0.39, 0.29) is 10.3 Å². The third-order valence-corrected chi connectivity index (χ3v) is 3.00. The van der Waals surface area contributed by atoms with E-state index in [1.54, 1.807) is 13.1 Å². The Labute approximate surface area is 116 Å². The van der Waals surface area contributed by atoms with Gasteiger partial charge in [-0.1, -0.05) is 28.1 Å². The van der Waals surface area contributed by atoms with Crippen molar-refractivity contribution in [2.75, 3.05) is 0 Å². The lowest BCUT2D eigenvalue weighted by atomic mass is 10.2. The molecule has 1 aromatic carbocycles. The zero-order valence-corrected chi connectivity index (χ0v) is 11.8. The fourth-order valence-corrected chi connectivity index (χ4v) is 1.69.